The van der Waals surface area contributed by atoms with Gasteiger partial charge in [-0.3, -0.25) is 4.68 Å². The Bertz CT molecular complexity index is 378. The summed E-state index contributed by atoms with van der Waals surface area (Å²) in [5.41, 5.74) is 1.16. The van der Waals surface area contributed by atoms with Crippen molar-refractivity contribution in [3.05, 3.63) is 29.7 Å². The molecule has 0 spiro atoms. The maximum Gasteiger partial charge on any atom is 0.218 e. The summed E-state index contributed by atoms with van der Waals surface area (Å²) in [6.45, 7) is 4.57. The third kappa shape index (κ3) is 1.99. The highest BCUT2D eigenvalue weighted by Gasteiger charge is 2.02. The minimum Gasteiger partial charge on any atom is -0.426 e. The van der Waals surface area contributed by atoms with E-state index in [0.717, 1.165) is 18.5 Å². The van der Waals surface area contributed by atoms with Gasteiger partial charge in [-0.1, -0.05) is 0 Å². The van der Waals surface area contributed by atoms with E-state index in [1.54, 1.807) is 6.92 Å². The molecule has 0 saturated carbocycles. The molecule has 0 bridgehead atoms. The molecule has 5 heteroatoms. The number of aromatic nitrogens is 4. The highest BCUT2D eigenvalue weighted by Crippen LogP contribution is 2.01. The summed E-state index contributed by atoms with van der Waals surface area (Å²) in [6, 6.07) is 0. The van der Waals surface area contributed by atoms with Gasteiger partial charge in [0.15, 0.2) is 0 Å². The molecule has 0 N–H and O–H groups in total. The smallest absolute Gasteiger partial charge is 0.218 e. The number of hydrogen-bond acceptors (Lipinski definition) is 4. The van der Waals surface area contributed by atoms with Crippen molar-refractivity contribution in [2.24, 2.45) is 0 Å². The van der Waals surface area contributed by atoms with Crippen LogP contribution in [0.4, 0.5) is 0 Å². The van der Waals surface area contributed by atoms with Crippen LogP contribution >= 0.6 is 0 Å². The fraction of sp³-hybridized carbons (Fsp3) is 0.444. The molecule has 0 aliphatic heterocycles. The third-order valence-electron chi connectivity index (χ3n) is 1.88. The first-order valence-corrected chi connectivity index (χ1v) is 4.52. The normalized spacial score (nSPS) is 10.7. The van der Waals surface area contributed by atoms with Crippen LogP contribution in [0.15, 0.2) is 16.8 Å². The maximum atomic E-state index is 5.25. The number of nitrogens with zero attached hydrogens (tertiary/aromatic N) is 4. The summed E-state index contributed by atoms with van der Waals surface area (Å²) in [6.07, 6.45) is 4.55. The first-order chi connectivity index (χ1) is 6.74. The largest absolute Gasteiger partial charge is 0.426 e. The Labute approximate surface area is 81.8 Å². The minimum absolute atomic E-state index is 0.608. The van der Waals surface area contributed by atoms with Crippen molar-refractivity contribution < 1.29 is 4.42 Å². The molecule has 0 fully saturated rings. The molecule has 0 amide bonds. The molecule has 74 valence electrons. The van der Waals surface area contributed by atoms with Crippen molar-refractivity contribution in [2.75, 3.05) is 0 Å². The average Bonchev–Trinajstić information content (AvgIpc) is 2.72. The van der Waals surface area contributed by atoms with Gasteiger partial charge in [0.1, 0.15) is 0 Å². The average molecular weight is 192 g/mol. The Hall–Kier alpha value is -1.65. The lowest BCUT2D eigenvalue weighted by Crippen LogP contribution is -2.01. The van der Waals surface area contributed by atoms with E-state index in [0.29, 0.717) is 11.8 Å². The topological polar surface area (TPSA) is 56.7 Å². The molecule has 0 atom stereocenters. The highest BCUT2D eigenvalue weighted by atomic mass is 16.4. The summed E-state index contributed by atoms with van der Waals surface area (Å²) in [5, 5.41) is 11.8. The van der Waals surface area contributed by atoms with Gasteiger partial charge in [-0.25, -0.2) is 0 Å². The van der Waals surface area contributed by atoms with E-state index in [1.165, 1.54) is 0 Å². The monoisotopic (exact) mass is 192 g/mol. The molecule has 2 heterocycles. The maximum absolute atomic E-state index is 5.25. The molecule has 0 aromatic carbocycles. The zero-order valence-corrected chi connectivity index (χ0v) is 8.27. The van der Waals surface area contributed by atoms with Gasteiger partial charge in [-0.05, 0) is 12.5 Å². The first-order valence-electron chi connectivity index (χ1n) is 4.52. The summed E-state index contributed by atoms with van der Waals surface area (Å²) in [4.78, 5) is 0. The Morgan fingerprint density at radius 2 is 2.21 bits per heavy atom. The Morgan fingerprint density at radius 3 is 2.79 bits per heavy atom. The van der Waals surface area contributed by atoms with Gasteiger partial charge in [0.25, 0.3) is 0 Å². The fourth-order valence-electron chi connectivity index (χ4n) is 1.24. The van der Waals surface area contributed by atoms with Crippen LogP contribution in [0.5, 0.6) is 0 Å². The van der Waals surface area contributed by atoms with E-state index >= 15 is 0 Å². The molecule has 14 heavy (non-hydrogen) atoms. The second-order valence-electron chi connectivity index (χ2n) is 3.25. The summed E-state index contributed by atoms with van der Waals surface area (Å²) < 4.78 is 7.12. The van der Waals surface area contributed by atoms with Crippen molar-refractivity contribution in [2.45, 2.75) is 26.8 Å². The summed E-state index contributed by atoms with van der Waals surface area (Å²) >= 11 is 0. The van der Waals surface area contributed by atoms with Crippen LogP contribution in [-0.4, -0.2) is 20.0 Å². The van der Waals surface area contributed by atoms with Crippen molar-refractivity contribution in [3.8, 4) is 0 Å². The molecule has 0 saturated heterocycles. The Balaban J connectivity index is 1.94. The van der Waals surface area contributed by atoms with Gasteiger partial charge in [0.2, 0.25) is 11.8 Å². The van der Waals surface area contributed by atoms with Crippen molar-refractivity contribution in [3.63, 3.8) is 0 Å². The lowest BCUT2D eigenvalue weighted by Gasteiger charge is -1.96. The van der Waals surface area contributed by atoms with Gasteiger partial charge < -0.3 is 4.42 Å². The molecule has 2 rings (SSSR count). The van der Waals surface area contributed by atoms with Crippen LogP contribution < -0.4 is 0 Å². The molecule has 0 radical (unpaired) electrons. The predicted molar refractivity (Wildman–Crippen MR) is 49.7 cm³/mol. The molecule has 0 aliphatic carbocycles. The van der Waals surface area contributed by atoms with Crippen LogP contribution in [0.1, 0.15) is 17.3 Å². The van der Waals surface area contributed by atoms with Crippen LogP contribution in [0, 0.1) is 13.8 Å². The van der Waals surface area contributed by atoms with Gasteiger partial charge in [0.05, 0.1) is 6.20 Å². The highest BCUT2D eigenvalue weighted by molar-refractivity contribution is 4.99. The standard InChI is InChI=1S/C9H12N4O/c1-7-5-10-13(6-7)4-3-9-12-11-8(2)14-9/h5-6H,3-4H2,1-2H3. The second kappa shape index (κ2) is 3.61. The van der Waals surface area contributed by atoms with E-state index in [2.05, 4.69) is 15.3 Å². The van der Waals surface area contributed by atoms with Gasteiger partial charge >= 0.3 is 0 Å². The Kier molecular flexibility index (Phi) is 2.30. The van der Waals surface area contributed by atoms with Crippen molar-refractivity contribution in [1.29, 1.82) is 0 Å². The molecule has 0 aliphatic rings. The lowest BCUT2D eigenvalue weighted by molar-refractivity contribution is 0.446. The summed E-state index contributed by atoms with van der Waals surface area (Å²) in [7, 11) is 0. The molecular formula is C9H12N4O. The minimum atomic E-state index is 0.608. The quantitative estimate of drug-likeness (QED) is 0.731. The van der Waals surface area contributed by atoms with Crippen molar-refractivity contribution >= 4 is 0 Å². The van der Waals surface area contributed by atoms with Gasteiger partial charge in [-0.2, -0.15) is 5.10 Å². The van der Waals surface area contributed by atoms with E-state index in [9.17, 15) is 0 Å². The van der Waals surface area contributed by atoms with Crippen LogP contribution in [-0.2, 0) is 13.0 Å². The zero-order chi connectivity index (χ0) is 9.97. The van der Waals surface area contributed by atoms with E-state index in [4.69, 9.17) is 4.42 Å². The van der Waals surface area contributed by atoms with E-state index < -0.39 is 0 Å². The van der Waals surface area contributed by atoms with Crippen LogP contribution in [0.2, 0.25) is 0 Å². The Morgan fingerprint density at radius 1 is 1.36 bits per heavy atom. The SMILES string of the molecule is Cc1cnn(CCc2nnc(C)o2)c1. The zero-order valence-electron chi connectivity index (χ0n) is 8.27. The molecular weight excluding hydrogens is 180 g/mol. The van der Waals surface area contributed by atoms with Gasteiger partial charge in [-0.15, -0.1) is 10.2 Å². The molecule has 5 nitrogen and oxygen atoms in total. The van der Waals surface area contributed by atoms with E-state index in [1.807, 2.05) is 24.0 Å². The molecule has 2 aromatic heterocycles. The molecule has 2 aromatic rings. The molecule has 0 unspecified atom stereocenters. The van der Waals surface area contributed by atoms with Crippen LogP contribution in [0.3, 0.4) is 0 Å². The summed E-state index contributed by atoms with van der Waals surface area (Å²) in [5.74, 6) is 1.27. The lowest BCUT2D eigenvalue weighted by atomic mass is 10.4. The predicted octanol–water partition coefficient (Wildman–Crippen LogP) is 1.13. The number of hydrogen-bond donors (Lipinski definition) is 0. The van der Waals surface area contributed by atoms with Crippen molar-refractivity contribution in [1.82, 2.24) is 20.0 Å². The number of rotatable bonds is 3. The third-order valence-corrected chi connectivity index (χ3v) is 1.88. The van der Waals surface area contributed by atoms with Gasteiger partial charge in [0, 0.05) is 26.1 Å². The van der Waals surface area contributed by atoms with Crippen LogP contribution in [0.25, 0.3) is 0 Å². The second-order valence-corrected chi connectivity index (χ2v) is 3.25. The van der Waals surface area contributed by atoms with E-state index in [-0.39, 0.29) is 0 Å². The number of aryl methyl sites for hydroxylation is 4. The first kappa shape index (κ1) is 8.93. The fourth-order valence-corrected chi connectivity index (χ4v) is 1.24.